The minimum Gasteiger partial charge on any atom is -0.376 e. The molecule has 1 amide bonds. The van der Waals surface area contributed by atoms with Gasteiger partial charge in [-0.05, 0) is 53.0 Å². The Bertz CT molecular complexity index is 976. The Morgan fingerprint density at radius 3 is 2.83 bits per heavy atom. The van der Waals surface area contributed by atoms with Gasteiger partial charge >= 0.3 is 0 Å². The van der Waals surface area contributed by atoms with Gasteiger partial charge in [-0.1, -0.05) is 23.9 Å². The molecule has 4 rings (SSSR count). The summed E-state index contributed by atoms with van der Waals surface area (Å²) < 4.78 is 8.70. The summed E-state index contributed by atoms with van der Waals surface area (Å²) in [5.74, 6) is 0.900. The number of ether oxygens (including phenoxy) is 1. The van der Waals surface area contributed by atoms with Crippen molar-refractivity contribution in [2.75, 3.05) is 17.7 Å². The molecule has 0 spiro atoms. The highest BCUT2D eigenvalue weighted by atomic mass is 79.9. The molecule has 1 aliphatic heterocycles. The van der Waals surface area contributed by atoms with Crippen LogP contribution >= 0.6 is 27.7 Å². The van der Waals surface area contributed by atoms with E-state index >= 15 is 0 Å². The number of nitrogens with one attached hydrogen (secondary N) is 1. The standard InChI is InChI=1S/C20H20BrN5O2S/c21-16-5-1-2-6-17(16)23-18(27)13-29-20-25-24-19(14-7-9-22-10-8-14)26(20)12-15-4-3-11-28-15/h1-2,5-10,15H,3-4,11-13H2,(H,23,27)/t15-/m0/s1. The van der Waals surface area contributed by atoms with E-state index < -0.39 is 0 Å². The first-order chi connectivity index (χ1) is 14.2. The van der Waals surface area contributed by atoms with E-state index in [1.54, 1.807) is 12.4 Å². The average molecular weight is 474 g/mol. The van der Waals surface area contributed by atoms with Gasteiger partial charge in [0, 0.05) is 29.0 Å². The van der Waals surface area contributed by atoms with Crippen LogP contribution in [0.1, 0.15) is 12.8 Å². The Morgan fingerprint density at radius 2 is 2.07 bits per heavy atom. The monoisotopic (exact) mass is 473 g/mol. The lowest BCUT2D eigenvalue weighted by Crippen LogP contribution is -2.18. The molecule has 0 bridgehead atoms. The number of hydrogen-bond donors (Lipinski definition) is 1. The van der Waals surface area contributed by atoms with E-state index in [1.165, 1.54) is 11.8 Å². The Labute approximate surface area is 181 Å². The van der Waals surface area contributed by atoms with Crippen molar-refractivity contribution in [3.8, 4) is 11.4 Å². The summed E-state index contributed by atoms with van der Waals surface area (Å²) in [5.41, 5.74) is 1.69. The Morgan fingerprint density at radius 1 is 1.24 bits per heavy atom. The second-order valence-corrected chi connectivity index (χ2v) is 8.40. The number of pyridine rings is 1. The molecule has 1 atom stereocenters. The molecule has 7 nitrogen and oxygen atoms in total. The molecule has 3 heterocycles. The molecule has 3 aromatic rings. The highest BCUT2D eigenvalue weighted by molar-refractivity contribution is 9.10. The molecule has 0 saturated carbocycles. The number of hydrogen-bond acceptors (Lipinski definition) is 6. The van der Waals surface area contributed by atoms with Crippen LogP contribution in [-0.2, 0) is 16.1 Å². The third-order valence-corrected chi connectivity index (χ3v) is 6.20. The number of amides is 1. The second-order valence-electron chi connectivity index (χ2n) is 6.60. The molecule has 150 valence electrons. The Hall–Kier alpha value is -2.23. The topological polar surface area (TPSA) is 81.9 Å². The molecular weight excluding hydrogens is 454 g/mol. The van der Waals surface area contributed by atoms with Crippen molar-refractivity contribution in [3.63, 3.8) is 0 Å². The van der Waals surface area contributed by atoms with E-state index in [9.17, 15) is 4.79 Å². The van der Waals surface area contributed by atoms with Gasteiger partial charge in [0.1, 0.15) is 0 Å². The van der Waals surface area contributed by atoms with Crippen LogP contribution in [0.4, 0.5) is 5.69 Å². The van der Waals surface area contributed by atoms with E-state index in [0.29, 0.717) is 11.7 Å². The van der Waals surface area contributed by atoms with Crippen LogP contribution < -0.4 is 5.32 Å². The number of aromatic nitrogens is 4. The molecule has 29 heavy (non-hydrogen) atoms. The molecule has 0 radical (unpaired) electrons. The van der Waals surface area contributed by atoms with Gasteiger partial charge in [0.25, 0.3) is 0 Å². The highest BCUT2D eigenvalue weighted by Crippen LogP contribution is 2.27. The van der Waals surface area contributed by atoms with Gasteiger partial charge in [-0.15, -0.1) is 10.2 Å². The lowest BCUT2D eigenvalue weighted by Gasteiger charge is -2.14. The van der Waals surface area contributed by atoms with Crippen LogP contribution in [0, 0.1) is 0 Å². The predicted molar refractivity (Wildman–Crippen MR) is 116 cm³/mol. The van der Waals surface area contributed by atoms with E-state index in [4.69, 9.17) is 4.74 Å². The summed E-state index contributed by atoms with van der Waals surface area (Å²) in [4.78, 5) is 16.5. The molecular formula is C20H20BrN5O2S. The van der Waals surface area contributed by atoms with Gasteiger partial charge in [-0.2, -0.15) is 0 Å². The van der Waals surface area contributed by atoms with E-state index in [-0.39, 0.29) is 17.8 Å². The number of benzene rings is 1. The predicted octanol–water partition coefficient (Wildman–Crippen LogP) is 4.01. The summed E-state index contributed by atoms with van der Waals surface area (Å²) in [5, 5.41) is 12.3. The van der Waals surface area contributed by atoms with Gasteiger partial charge in [-0.3, -0.25) is 14.3 Å². The number of para-hydroxylation sites is 1. The van der Waals surface area contributed by atoms with Crippen molar-refractivity contribution in [1.82, 2.24) is 19.7 Å². The van der Waals surface area contributed by atoms with Gasteiger partial charge < -0.3 is 10.1 Å². The van der Waals surface area contributed by atoms with E-state index in [2.05, 4.69) is 36.4 Å². The fourth-order valence-corrected chi connectivity index (χ4v) is 4.28. The zero-order chi connectivity index (χ0) is 20.1. The average Bonchev–Trinajstić information content (AvgIpc) is 3.39. The molecule has 1 saturated heterocycles. The molecule has 2 aromatic heterocycles. The van der Waals surface area contributed by atoms with Crippen molar-refractivity contribution in [1.29, 1.82) is 0 Å². The zero-order valence-electron chi connectivity index (χ0n) is 15.6. The van der Waals surface area contributed by atoms with E-state index in [1.807, 2.05) is 41.0 Å². The van der Waals surface area contributed by atoms with Gasteiger partial charge in [0.15, 0.2) is 11.0 Å². The Balaban J connectivity index is 1.49. The Kier molecular flexibility index (Phi) is 6.58. The van der Waals surface area contributed by atoms with Crippen LogP contribution in [0.3, 0.4) is 0 Å². The number of thioether (sulfide) groups is 1. The number of halogens is 1. The van der Waals surface area contributed by atoms with Crippen molar-refractivity contribution in [2.24, 2.45) is 0 Å². The van der Waals surface area contributed by atoms with Gasteiger partial charge in [0.05, 0.1) is 24.1 Å². The minimum absolute atomic E-state index is 0.0981. The summed E-state index contributed by atoms with van der Waals surface area (Å²) in [6, 6.07) is 11.3. The molecule has 0 unspecified atom stereocenters. The van der Waals surface area contributed by atoms with Crippen molar-refractivity contribution in [2.45, 2.75) is 30.6 Å². The summed E-state index contributed by atoms with van der Waals surface area (Å²) in [6.07, 6.45) is 5.69. The van der Waals surface area contributed by atoms with Crippen LogP contribution in [0.2, 0.25) is 0 Å². The third kappa shape index (κ3) is 5.04. The first-order valence-corrected chi connectivity index (χ1v) is 11.1. The molecule has 1 N–H and O–H groups in total. The summed E-state index contributed by atoms with van der Waals surface area (Å²) in [7, 11) is 0. The lowest BCUT2D eigenvalue weighted by molar-refractivity contribution is -0.113. The van der Waals surface area contributed by atoms with Crippen LogP contribution in [-0.4, -0.2) is 44.1 Å². The quantitative estimate of drug-likeness (QED) is 0.521. The lowest BCUT2D eigenvalue weighted by atomic mass is 10.2. The van der Waals surface area contributed by atoms with Crippen LogP contribution in [0.5, 0.6) is 0 Å². The second kappa shape index (κ2) is 9.51. The van der Waals surface area contributed by atoms with Gasteiger partial charge in [-0.25, -0.2) is 0 Å². The first-order valence-electron chi connectivity index (χ1n) is 9.33. The fourth-order valence-electron chi connectivity index (χ4n) is 3.15. The van der Waals surface area contributed by atoms with Crippen molar-refractivity contribution in [3.05, 3.63) is 53.3 Å². The fraction of sp³-hybridized carbons (Fsp3) is 0.300. The number of carbonyl (C=O) groups excluding carboxylic acids is 1. The molecule has 9 heteroatoms. The maximum absolute atomic E-state index is 12.4. The SMILES string of the molecule is O=C(CSc1nnc(-c2ccncc2)n1C[C@@H]1CCCO1)Nc1ccccc1Br. The zero-order valence-corrected chi connectivity index (χ0v) is 18.0. The summed E-state index contributed by atoms with van der Waals surface area (Å²) in [6.45, 7) is 1.45. The number of rotatable bonds is 7. The number of carbonyl (C=O) groups is 1. The van der Waals surface area contributed by atoms with Crippen LogP contribution in [0.25, 0.3) is 11.4 Å². The van der Waals surface area contributed by atoms with Crippen molar-refractivity contribution >= 4 is 39.3 Å². The first kappa shape index (κ1) is 20.1. The number of anilines is 1. The maximum Gasteiger partial charge on any atom is 0.234 e. The number of nitrogens with zero attached hydrogens (tertiary/aromatic N) is 4. The molecule has 0 aliphatic carbocycles. The highest BCUT2D eigenvalue weighted by Gasteiger charge is 2.22. The smallest absolute Gasteiger partial charge is 0.234 e. The van der Waals surface area contributed by atoms with Crippen molar-refractivity contribution < 1.29 is 9.53 Å². The normalized spacial score (nSPS) is 16.1. The maximum atomic E-state index is 12.4. The largest absolute Gasteiger partial charge is 0.376 e. The molecule has 1 fully saturated rings. The molecule has 1 aliphatic rings. The minimum atomic E-state index is -0.0981. The van der Waals surface area contributed by atoms with Gasteiger partial charge in [0.2, 0.25) is 5.91 Å². The summed E-state index contributed by atoms with van der Waals surface area (Å²) >= 11 is 4.81. The third-order valence-electron chi connectivity index (χ3n) is 4.55. The molecule has 1 aromatic carbocycles. The van der Waals surface area contributed by atoms with Crippen LogP contribution in [0.15, 0.2) is 58.4 Å². The van der Waals surface area contributed by atoms with E-state index in [0.717, 1.165) is 41.0 Å².